The van der Waals surface area contributed by atoms with Crippen molar-refractivity contribution in [3.05, 3.63) is 59.4 Å². The summed E-state index contributed by atoms with van der Waals surface area (Å²) < 4.78 is 34.6. The fourth-order valence-corrected chi connectivity index (χ4v) is 3.87. The van der Waals surface area contributed by atoms with Crippen LogP contribution in [0.15, 0.2) is 42.0 Å². The van der Waals surface area contributed by atoms with Gasteiger partial charge in [0.25, 0.3) is 0 Å². The largest absolute Gasteiger partial charge is 0.496 e. The number of thiophene rings is 1. The van der Waals surface area contributed by atoms with Crippen molar-refractivity contribution in [3.63, 3.8) is 0 Å². The highest BCUT2D eigenvalue weighted by molar-refractivity contribution is 7.13. The summed E-state index contributed by atoms with van der Waals surface area (Å²) in [5.41, 5.74) is 1.26. The van der Waals surface area contributed by atoms with Crippen LogP contribution in [0.4, 0.5) is 14.6 Å². The van der Waals surface area contributed by atoms with Gasteiger partial charge in [-0.25, -0.2) is 18.7 Å². The van der Waals surface area contributed by atoms with Crippen LogP contribution in [0.2, 0.25) is 0 Å². The lowest BCUT2D eigenvalue weighted by Gasteiger charge is -2.10. The number of aromatic nitrogens is 3. The van der Waals surface area contributed by atoms with Gasteiger partial charge in [0.1, 0.15) is 41.3 Å². The number of nitrogens with zero attached hydrogens (tertiary/aromatic N) is 4. The van der Waals surface area contributed by atoms with Gasteiger partial charge < -0.3 is 14.6 Å². The average molecular weight is 411 g/mol. The number of benzene rings is 1. The van der Waals surface area contributed by atoms with E-state index in [1.807, 2.05) is 0 Å². The average Bonchev–Trinajstić information content (AvgIpc) is 3.33. The molecule has 0 spiro atoms. The number of hydrogen-bond acceptors (Lipinski definition) is 6. The van der Waals surface area contributed by atoms with Crippen molar-refractivity contribution in [1.29, 1.82) is 5.26 Å². The molecule has 1 N–H and O–H groups in total. The van der Waals surface area contributed by atoms with Crippen LogP contribution >= 0.6 is 11.3 Å². The van der Waals surface area contributed by atoms with E-state index in [0.717, 1.165) is 0 Å². The summed E-state index contributed by atoms with van der Waals surface area (Å²) >= 11 is 1.26. The lowest BCUT2D eigenvalue weighted by molar-refractivity contribution is 0.419. The molecule has 29 heavy (non-hydrogen) atoms. The third-order valence-electron chi connectivity index (χ3n) is 4.43. The monoisotopic (exact) mass is 411 g/mol. The Kier molecular flexibility index (Phi) is 5.10. The number of halogens is 2. The number of nitriles is 1. The van der Waals surface area contributed by atoms with Gasteiger partial charge in [-0.05, 0) is 24.3 Å². The van der Waals surface area contributed by atoms with E-state index in [1.165, 1.54) is 48.4 Å². The van der Waals surface area contributed by atoms with Crippen LogP contribution in [0.3, 0.4) is 0 Å². The van der Waals surface area contributed by atoms with Crippen molar-refractivity contribution in [3.8, 4) is 22.4 Å². The molecule has 1 aromatic carbocycles. The van der Waals surface area contributed by atoms with Crippen molar-refractivity contribution in [1.82, 2.24) is 14.5 Å². The Balaban J connectivity index is 1.56. The maximum atomic E-state index is 14.4. The molecule has 0 aliphatic carbocycles. The summed E-state index contributed by atoms with van der Waals surface area (Å²) in [4.78, 5) is 9.02. The molecule has 0 saturated carbocycles. The molecule has 0 amide bonds. The molecule has 6 nitrogen and oxygen atoms in total. The number of anilines is 1. The standard InChI is InChI=1S/C20H15F2N5OS/c1-28-17-3-2-15(22)20-14(17)7-13(9-23)27(20)5-4-24-19-8-16(25-11-26-19)18-6-12(21)10-29-18/h2-3,6-8,10-11H,4-5H2,1H3,(H,24,25,26). The summed E-state index contributed by atoms with van der Waals surface area (Å²) in [6.45, 7) is 0.730. The molecule has 0 aliphatic rings. The predicted octanol–water partition coefficient (Wildman–Crippen LogP) is 4.43. The van der Waals surface area contributed by atoms with E-state index in [0.29, 0.717) is 51.8 Å². The number of fused-ring (bicyclic) bond motifs is 1. The lowest BCUT2D eigenvalue weighted by Crippen LogP contribution is -2.13. The number of methoxy groups -OCH3 is 1. The molecule has 0 radical (unpaired) electrons. The van der Waals surface area contributed by atoms with E-state index in [2.05, 4.69) is 21.4 Å². The Morgan fingerprint density at radius 3 is 2.83 bits per heavy atom. The first-order chi connectivity index (χ1) is 14.1. The molecule has 0 atom stereocenters. The van der Waals surface area contributed by atoms with E-state index < -0.39 is 5.82 Å². The van der Waals surface area contributed by atoms with Crippen LogP contribution in [-0.4, -0.2) is 28.2 Å². The highest BCUT2D eigenvalue weighted by atomic mass is 32.1. The minimum Gasteiger partial charge on any atom is -0.496 e. The second-order valence-electron chi connectivity index (χ2n) is 6.15. The minimum absolute atomic E-state index is 0.306. The van der Waals surface area contributed by atoms with Crippen LogP contribution in [-0.2, 0) is 6.54 Å². The number of rotatable bonds is 6. The molecule has 0 unspecified atom stereocenters. The summed E-state index contributed by atoms with van der Waals surface area (Å²) in [6, 6.07) is 9.71. The summed E-state index contributed by atoms with van der Waals surface area (Å²) in [6.07, 6.45) is 1.39. The summed E-state index contributed by atoms with van der Waals surface area (Å²) in [7, 11) is 1.50. The Labute approximate surface area is 169 Å². The number of ether oxygens (including phenoxy) is 1. The third kappa shape index (κ3) is 3.62. The fraction of sp³-hybridized carbons (Fsp3) is 0.150. The smallest absolute Gasteiger partial charge is 0.147 e. The summed E-state index contributed by atoms with van der Waals surface area (Å²) in [5, 5.41) is 14.5. The van der Waals surface area contributed by atoms with Crippen LogP contribution in [0.5, 0.6) is 5.75 Å². The van der Waals surface area contributed by atoms with Gasteiger partial charge in [-0.15, -0.1) is 11.3 Å². The molecule has 4 aromatic rings. The van der Waals surface area contributed by atoms with Crippen molar-refractivity contribution < 1.29 is 13.5 Å². The van der Waals surface area contributed by atoms with Gasteiger partial charge in [0, 0.05) is 29.9 Å². The maximum absolute atomic E-state index is 14.4. The Morgan fingerprint density at radius 1 is 1.24 bits per heavy atom. The van der Waals surface area contributed by atoms with Gasteiger partial charge in [0.2, 0.25) is 0 Å². The predicted molar refractivity (Wildman–Crippen MR) is 107 cm³/mol. The van der Waals surface area contributed by atoms with Crippen molar-refractivity contribution >= 4 is 28.1 Å². The number of nitrogens with one attached hydrogen (secondary N) is 1. The second-order valence-corrected chi connectivity index (χ2v) is 7.06. The zero-order valence-electron chi connectivity index (χ0n) is 15.3. The maximum Gasteiger partial charge on any atom is 0.147 e. The van der Waals surface area contributed by atoms with Gasteiger partial charge in [0.05, 0.1) is 23.2 Å². The van der Waals surface area contributed by atoms with E-state index in [4.69, 9.17) is 4.74 Å². The van der Waals surface area contributed by atoms with Crippen LogP contribution in [0.25, 0.3) is 21.5 Å². The van der Waals surface area contributed by atoms with E-state index in [1.54, 1.807) is 16.7 Å². The second kappa shape index (κ2) is 7.85. The Bertz CT molecular complexity index is 1230. The first-order valence-electron chi connectivity index (χ1n) is 8.67. The Hall–Kier alpha value is -3.51. The van der Waals surface area contributed by atoms with E-state index >= 15 is 0 Å². The van der Waals surface area contributed by atoms with E-state index in [9.17, 15) is 14.0 Å². The molecule has 0 saturated heterocycles. The van der Waals surface area contributed by atoms with Crippen molar-refractivity contribution in [2.75, 3.05) is 19.0 Å². The van der Waals surface area contributed by atoms with Crippen LogP contribution in [0, 0.1) is 23.0 Å². The quantitative estimate of drug-likeness (QED) is 0.508. The van der Waals surface area contributed by atoms with Gasteiger partial charge in [-0.2, -0.15) is 5.26 Å². The van der Waals surface area contributed by atoms with Crippen LogP contribution in [0.1, 0.15) is 5.69 Å². The van der Waals surface area contributed by atoms with Crippen LogP contribution < -0.4 is 10.1 Å². The summed E-state index contributed by atoms with van der Waals surface area (Å²) in [5.74, 6) is 0.329. The minimum atomic E-state index is -0.425. The van der Waals surface area contributed by atoms with Gasteiger partial charge >= 0.3 is 0 Å². The first-order valence-corrected chi connectivity index (χ1v) is 9.55. The van der Waals surface area contributed by atoms with Gasteiger partial charge in [0.15, 0.2) is 0 Å². The van der Waals surface area contributed by atoms with E-state index in [-0.39, 0.29) is 5.82 Å². The normalized spacial score (nSPS) is 10.8. The number of hydrogen-bond donors (Lipinski definition) is 1. The first kappa shape index (κ1) is 18.8. The fourth-order valence-electron chi connectivity index (χ4n) is 3.15. The highest BCUT2D eigenvalue weighted by Crippen LogP contribution is 2.31. The molecule has 0 fully saturated rings. The molecular formula is C20H15F2N5OS. The molecule has 3 heterocycles. The van der Waals surface area contributed by atoms with Gasteiger partial charge in [-0.3, -0.25) is 0 Å². The molecular weight excluding hydrogens is 396 g/mol. The molecule has 9 heteroatoms. The molecule has 0 aliphatic heterocycles. The van der Waals surface area contributed by atoms with Crippen molar-refractivity contribution in [2.45, 2.75) is 6.54 Å². The lowest BCUT2D eigenvalue weighted by atomic mass is 10.2. The topological polar surface area (TPSA) is 75.8 Å². The molecule has 3 aromatic heterocycles. The molecule has 146 valence electrons. The zero-order valence-corrected chi connectivity index (χ0v) is 16.1. The zero-order chi connectivity index (χ0) is 20.4. The third-order valence-corrected chi connectivity index (χ3v) is 5.36. The highest BCUT2D eigenvalue weighted by Gasteiger charge is 2.16. The van der Waals surface area contributed by atoms with Gasteiger partial charge in [-0.1, -0.05) is 0 Å². The molecule has 0 bridgehead atoms. The molecule has 4 rings (SSSR count). The van der Waals surface area contributed by atoms with Crippen molar-refractivity contribution in [2.24, 2.45) is 0 Å². The Morgan fingerprint density at radius 2 is 2.10 bits per heavy atom. The SMILES string of the molecule is COc1ccc(F)c2c1cc(C#N)n2CCNc1cc(-c2cc(F)cs2)ncn1.